The number of carbonyl (C=O) groups excluding carboxylic acids is 1. The molecule has 2 N–H and O–H groups in total. The van der Waals surface area contributed by atoms with Crippen LogP contribution < -0.4 is 5.32 Å². The highest BCUT2D eigenvalue weighted by molar-refractivity contribution is 6.53. The maximum Gasteiger partial charge on any atom is 0.253 e. The lowest BCUT2D eigenvalue weighted by atomic mass is 9.98. The lowest BCUT2D eigenvalue weighted by molar-refractivity contribution is -0.121. The second kappa shape index (κ2) is 9.78. The fourth-order valence-corrected chi connectivity index (χ4v) is 2.92. The molecule has 0 aliphatic rings. The van der Waals surface area contributed by atoms with Gasteiger partial charge in [0.1, 0.15) is 19.1 Å². The zero-order chi connectivity index (χ0) is 20.8. The van der Waals surface area contributed by atoms with E-state index < -0.39 is 29.6 Å². The van der Waals surface area contributed by atoms with Gasteiger partial charge in [0.25, 0.3) is 5.91 Å². The van der Waals surface area contributed by atoms with Crippen molar-refractivity contribution in [3.05, 3.63) is 66.0 Å². The van der Waals surface area contributed by atoms with Crippen LogP contribution in [0, 0.1) is 0 Å². The van der Waals surface area contributed by atoms with Gasteiger partial charge in [-0.1, -0.05) is 71.7 Å². The molecule has 0 saturated heterocycles. The van der Waals surface area contributed by atoms with Gasteiger partial charge in [-0.15, -0.1) is 5.10 Å². The molecule has 0 aliphatic carbocycles. The van der Waals surface area contributed by atoms with Crippen molar-refractivity contribution in [1.29, 1.82) is 0 Å². The molecule has 7 nitrogen and oxygen atoms in total. The second-order valence-corrected chi connectivity index (χ2v) is 7.44. The molecule has 0 radical (unpaired) electrons. The van der Waals surface area contributed by atoms with Crippen LogP contribution in [0.2, 0.25) is 0 Å². The van der Waals surface area contributed by atoms with Crippen LogP contribution in [-0.4, -0.2) is 48.8 Å². The number of hydrogen-bond acceptors (Lipinski definition) is 5. The lowest BCUT2D eigenvalue weighted by Gasteiger charge is -2.22. The predicted molar refractivity (Wildman–Crippen MR) is 107 cm³/mol. The van der Waals surface area contributed by atoms with Crippen LogP contribution in [0.15, 0.2) is 54.9 Å². The van der Waals surface area contributed by atoms with Gasteiger partial charge in [-0.25, -0.2) is 9.07 Å². The maximum absolute atomic E-state index is 13.3. The molecule has 3 rings (SSSR count). The zero-order valence-electron chi connectivity index (χ0n) is 15.1. The molecule has 2 atom stereocenters. The number of nitrogens with one attached hydrogen (secondary N) is 1. The largest absolute Gasteiger partial charge is 0.386 e. The minimum Gasteiger partial charge on any atom is -0.386 e. The Morgan fingerprint density at radius 3 is 2.24 bits per heavy atom. The molecule has 10 heteroatoms. The first kappa shape index (κ1) is 21.2. The van der Waals surface area contributed by atoms with Crippen molar-refractivity contribution in [3.8, 4) is 11.1 Å². The fraction of sp³-hybridized carbons (Fsp3) is 0.263. The van der Waals surface area contributed by atoms with E-state index in [4.69, 9.17) is 23.2 Å². The minimum atomic E-state index is -1.33. The first-order chi connectivity index (χ1) is 14.0. The number of alkyl halides is 3. The van der Waals surface area contributed by atoms with Crippen LogP contribution in [-0.2, 0) is 11.3 Å². The number of nitrogens with zero attached hydrogens (tertiary/aromatic N) is 4. The Balaban J connectivity index is 1.68. The first-order valence-corrected chi connectivity index (χ1v) is 9.58. The van der Waals surface area contributed by atoms with E-state index in [1.807, 2.05) is 36.4 Å². The van der Waals surface area contributed by atoms with E-state index in [-0.39, 0.29) is 0 Å². The number of aliphatic hydroxyl groups is 1. The summed E-state index contributed by atoms with van der Waals surface area (Å²) >= 11 is 10.9. The SMILES string of the molecule is O=C(NC(CF)C(O)c1ccc(-c2ccc(Cn3cnnn3)cc2)cc1)C(Cl)Cl. The number of aromatic nitrogens is 4. The zero-order valence-corrected chi connectivity index (χ0v) is 16.6. The van der Waals surface area contributed by atoms with Crippen LogP contribution in [0.25, 0.3) is 11.1 Å². The Hall–Kier alpha value is -2.55. The average molecular weight is 438 g/mol. The Morgan fingerprint density at radius 2 is 1.72 bits per heavy atom. The van der Waals surface area contributed by atoms with Gasteiger partial charge in [0.05, 0.1) is 12.6 Å². The maximum atomic E-state index is 13.3. The standard InChI is InChI=1S/C19H18Cl2FN5O2/c20-18(21)19(29)24-16(9-22)17(28)15-7-5-14(6-8-15)13-3-1-12(2-4-13)10-27-11-23-25-26-27/h1-8,11,16-18,28H,9-10H2,(H,24,29). The van der Waals surface area contributed by atoms with Crippen molar-refractivity contribution in [2.75, 3.05) is 6.67 Å². The Labute approximate surface area is 176 Å². The van der Waals surface area contributed by atoms with Crippen molar-refractivity contribution in [3.63, 3.8) is 0 Å². The van der Waals surface area contributed by atoms with E-state index in [0.29, 0.717) is 12.1 Å². The third-order valence-electron chi connectivity index (χ3n) is 4.35. The smallest absolute Gasteiger partial charge is 0.253 e. The fourth-order valence-electron chi connectivity index (χ4n) is 2.80. The molecule has 0 aliphatic heterocycles. The normalized spacial score (nSPS) is 13.3. The highest BCUT2D eigenvalue weighted by atomic mass is 35.5. The van der Waals surface area contributed by atoms with E-state index in [1.165, 1.54) is 0 Å². The third-order valence-corrected chi connectivity index (χ3v) is 4.75. The van der Waals surface area contributed by atoms with Crippen molar-refractivity contribution >= 4 is 29.1 Å². The summed E-state index contributed by atoms with van der Waals surface area (Å²) in [5, 5.41) is 23.7. The molecule has 2 unspecified atom stereocenters. The number of amides is 1. The molecule has 152 valence electrons. The van der Waals surface area contributed by atoms with Gasteiger partial charge in [0.2, 0.25) is 0 Å². The summed E-state index contributed by atoms with van der Waals surface area (Å²) in [5.41, 5.74) is 3.42. The molecule has 3 aromatic rings. The van der Waals surface area contributed by atoms with Crippen molar-refractivity contribution in [2.24, 2.45) is 0 Å². The predicted octanol–water partition coefficient (Wildman–Crippen LogP) is 2.68. The number of carbonyl (C=O) groups is 1. The van der Waals surface area contributed by atoms with Gasteiger partial charge in [0, 0.05) is 0 Å². The van der Waals surface area contributed by atoms with Crippen molar-refractivity contribution in [1.82, 2.24) is 25.5 Å². The lowest BCUT2D eigenvalue weighted by Crippen LogP contribution is -2.43. The number of rotatable bonds is 8. The average Bonchev–Trinajstić information content (AvgIpc) is 3.25. The number of benzene rings is 2. The molecule has 1 amide bonds. The summed E-state index contributed by atoms with van der Waals surface area (Å²) in [6.07, 6.45) is 0.314. The van der Waals surface area contributed by atoms with Crippen molar-refractivity contribution < 1.29 is 14.3 Å². The summed E-state index contributed by atoms with van der Waals surface area (Å²) < 4.78 is 14.9. The second-order valence-electron chi connectivity index (χ2n) is 6.34. The Morgan fingerprint density at radius 1 is 1.10 bits per heavy atom. The van der Waals surface area contributed by atoms with Crippen molar-refractivity contribution in [2.45, 2.75) is 23.5 Å². The van der Waals surface area contributed by atoms with Crippen LogP contribution in [0.1, 0.15) is 17.2 Å². The van der Waals surface area contributed by atoms with E-state index in [9.17, 15) is 14.3 Å². The Bertz CT molecular complexity index is 921. The minimum absolute atomic E-state index is 0.465. The van der Waals surface area contributed by atoms with Gasteiger partial charge in [0.15, 0.2) is 4.84 Å². The molecule has 0 fully saturated rings. The summed E-state index contributed by atoms with van der Waals surface area (Å²) in [7, 11) is 0. The number of halogens is 3. The summed E-state index contributed by atoms with van der Waals surface area (Å²) in [5.74, 6) is -0.756. The van der Waals surface area contributed by atoms with Gasteiger partial charge in [-0.2, -0.15) is 0 Å². The summed E-state index contributed by atoms with van der Waals surface area (Å²) in [4.78, 5) is 10.2. The molecular weight excluding hydrogens is 420 g/mol. The monoisotopic (exact) mass is 437 g/mol. The molecule has 1 aromatic heterocycles. The van der Waals surface area contributed by atoms with E-state index >= 15 is 0 Å². The number of aliphatic hydroxyl groups excluding tert-OH is 1. The van der Waals surface area contributed by atoms with Gasteiger partial charge >= 0.3 is 0 Å². The molecule has 2 aromatic carbocycles. The van der Waals surface area contributed by atoms with Gasteiger partial charge < -0.3 is 10.4 Å². The molecule has 0 saturated carbocycles. The molecule has 0 spiro atoms. The Kier molecular flexibility index (Phi) is 7.13. The molecule has 29 heavy (non-hydrogen) atoms. The van der Waals surface area contributed by atoms with E-state index in [1.54, 1.807) is 23.1 Å². The van der Waals surface area contributed by atoms with Crippen LogP contribution in [0.3, 0.4) is 0 Å². The molecular formula is C19H18Cl2FN5O2. The highest BCUT2D eigenvalue weighted by Crippen LogP contribution is 2.24. The highest BCUT2D eigenvalue weighted by Gasteiger charge is 2.25. The van der Waals surface area contributed by atoms with Crippen LogP contribution in [0.5, 0.6) is 0 Å². The quantitative estimate of drug-likeness (QED) is 0.528. The van der Waals surface area contributed by atoms with Gasteiger partial charge in [-0.3, -0.25) is 4.79 Å². The molecule has 0 bridgehead atoms. The van der Waals surface area contributed by atoms with Crippen LogP contribution in [0.4, 0.5) is 4.39 Å². The first-order valence-electron chi connectivity index (χ1n) is 8.70. The topological polar surface area (TPSA) is 92.9 Å². The summed E-state index contributed by atoms with van der Waals surface area (Å²) in [6, 6.07) is 13.8. The van der Waals surface area contributed by atoms with E-state index in [2.05, 4.69) is 20.8 Å². The van der Waals surface area contributed by atoms with Gasteiger partial charge in [-0.05, 0) is 32.7 Å². The van der Waals surface area contributed by atoms with Crippen LogP contribution >= 0.6 is 23.2 Å². The number of hydrogen-bond donors (Lipinski definition) is 2. The third kappa shape index (κ3) is 5.50. The summed E-state index contributed by atoms with van der Waals surface area (Å²) in [6.45, 7) is -0.391. The molecule has 1 heterocycles. The number of tetrazole rings is 1. The van der Waals surface area contributed by atoms with E-state index in [0.717, 1.165) is 16.7 Å².